The van der Waals surface area contributed by atoms with Crippen LogP contribution in [-0.2, 0) is 25.5 Å². The zero-order chi connectivity index (χ0) is 30.4. The lowest BCUT2D eigenvalue weighted by Gasteiger charge is -2.31. The molecule has 1 aliphatic heterocycles. The molecule has 2 aromatic rings. The number of amides is 3. The molecule has 10 nitrogen and oxygen atoms in total. The van der Waals surface area contributed by atoms with Crippen LogP contribution in [-0.4, -0.2) is 59.4 Å². The summed E-state index contributed by atoms with van der Waals surface area (Å²) >= 11 is 0. The molecule has 3 amide bonds. The smallest absolute Gasteiger partial charge is 0.408 e. The number of aliphatic hydroxyl groups excluding tert-OH is 1. The van der Waals surface area contributed by atoms with Crippen LogP contribution >= 0.6 is 0 Å². The van der Waals surface area contributed by atoms with Crippen LogP contribution in [0.4, 0.5) is 16.2 Å². The Labute approximate surface area is 241 Å². The lowest BCUT2D eigenvalue weighted by Crippen LogP contribution is -2.47. The van der Waals surface area contributed by atoms with Crippen LogP contribution in [0.3, 0.4) is 0 Å². The maximum atomic E-state index is 13.3. The van der Waals surface area contributed by atoms with Gasteiger partial charge in [0.05, 0.1) is 5.56 Å². The zero-order valence-electron chi connectivity index (χ0n) is 24.7. The second-order valence-corrected chi connectivity index (χ2v) is 12.2. The highest BCUT2D eigenvalue weighted by Gasteiger charge is 2.28. The van der Waals surface area contributed by atoms with Crippen molar-refractivity contribution in [3.8, 4) is 0 Å². The molecule has 0 saturated carbocycles. The lowest BCUT2D eigenvalue weighted by molar-refractivity contribution is -0.121. The Hall–Kier alpha value is -3.92. The molecule has 2 atom stereocenters. The first-order valence-corrected chi connectivity index (χ1v) is 13.8. The normalized spacial score (nSPS) is 16.5. The Balaban J connectivity index is 1.72. The summed E-state index contributed by atoms with van der Waals surface area (Å²) in [6.45, 7) is 11.1. The van der Waals surface area contributed by atoms with E-state index in [1.165, 1.54) is 0 Å². The minimum absolute atomic E-state index is 0.000500. The first-order valence-electron chi connectivity index (χ1n) is 13.8. The van der Waals surface area contributed by atoms with Crippen molar-refractivity contribution in [1.82, 2.24) is 5.32 Å². The van der Waals surface area contributed by atoms with Gasteiger partial charge in [0, 0.05) is 37.4 Å². The van der Waals surface area contributed by atoms with E-state index in [4.69, 9.17) is 9.47 Å². The number of ether oxygens (including phenoxy) is 2. The van der Waals surface area contributed by atoms with E-state index < -0.39 is 35.2 Å². The molecule has 3 rings (SSSR count). The number of piperidine rings is 1. The number of hydrogen-bond acceptors (Lipinski definition) is 7. The predicted octanol–water partition coefficient (Wildman–Crippen LogP) is 4.45. The molecule has 41 heavy (non-hydrogen) atoms. The number of rotatable bonds is 8. The van der Waals surface area contributed by atoms with Gasteiger partial charge in [-0.05, 0) is 95.8 Å². The number of carbonyl (C=O) groups is 4. The second kappa shape index (κ2) is 13.2. The van der Waals surface area contributed by atoms with Gasteiger partial charge in [0.2, 0.25) is 11.8 Å². The van der Waals surface area contributed by atoms with Crippen LogP contribution in [0, 0.1) is 5.92 Å². The number of carbonyl (C=O) groups excluding carboxylic acids is 4. The van der Waals surface area contributed by atoms with Crippen LogP contribution in [0.1, 0.15) is 70.3 Å². The van der Waals surface area contributed by atoms with Gasteiger partial charge in [0.15, 0.2) is 0 Å². The average Bonchev–Trinajstić information content (AvgIpc) is 2.87. The number of alkyl carbamates (subject to hydrolysis) is 1. The lowest BCUT2D eigenvalue weighted by atomic mass is 9.96. The van der Waals surface area contributed by atoms with Gasteiger partial charge in [0.1, 0.15) is 17.2 Å². The average molecular weight is 568 g/mol. The largest absolute Gasteiger partial charge is 0.456 e. The minimum atomic E-state index is -0.969. The summed E-state index contributed by atoms with van der Waals surface area (Å²) in [5.41, 5.74) is 0.915. The van der Waals surface area contributed by atoms with E-state index in [1.807, 2.05) is 24.3 Å². The number of hydrogen-bond donors (Lipinski definition) is 3. The van der Waals surface area contributed by atoms with Crippen LogP contribution < -0.4 is 15.5 Å². The number of anilines is 2. The van der Waals surface area contributed by atoms with Crippen LogP contribution in [0.2, 0.25) is 0 Å². The standard InChI is InChI=1S/C31H41N3O7/c1-30(2,3)40-28(38)22-9-11-23(12-10-22)32-27(37)25(33-29(39)41-31(4,5)6)17-20-7-13-24(14-8-20)34-16-15-21(19-35)18-26(34)36/h7-14,21,25,35H,15-19H2,1-6H3,(H,32,37)(H,33,39)/t21?,25-/m0/s1. The highest BCUT2D eigenvalue weighted by atomic mass is 16.6. The van der Waals surface area contributed by atoms with Crippen LogP contribution in [0.5, 0.6) is 0 Å². The monoisotopic (exact) mass is 567 g/mol. The third-order valence-corrected chi connectivity index (χ3v) is 6.27. The van der Waals surface area contributed by atoms with Crippen molar-refractivity contribution >= 4 is 35.3 Å². The summed E-state index contributed by atoms with van der Waals surface area (Å²) in [6, 6.07) is 12.6. The molecule has 0 spiro atoms. The number of nitrogens with zero attached hydrogens (tertiary/aromatic N) is 1. The van der Waals surface area contributed by atoms with Gasteiger partial charge in [-0.3, -0.25) is 9.59 Å². The molecule has 0 aliphatic carbocycles. The molecule has 3 N–H and O–H groups in total. The highest BCUT2D eigenvalue weighted by Crippen LogP contribution is 2.25. The van der Waals surface area contributed by atoms with E-state index in [-0.39, 0.29) is 24.9 Å². The Morgan fingerprint density at radius 1 is 0.951 bits per heavy atom. The van der Waals surface area contributed by atoms with E-state index in [2.05, 4.69) is 10.6 Å². The summed E-state index contributed by atoms with van der Waals surface area (Å²) in [5.74, 6) is -0.983. The molecule has 0 radical (unpaired) electrons. The maximum absolute atomic E-state index is 13.3. The molecule has 1 fully saturated rings. The fourth-order valence-electron chi connectivity index (χ4n) is 4.29. The van der Waals surface area contributed by atoms with Gasteiger partial charge in [0.25, 0.3) is 0 Å². The van der Waals surface area contributed by atoms with E-state index in [9.17, 15) is 24.3 Å². The Kier molecular flexibility index (Phi) is 10.1. The first kappa shape index (κ1) is 31.6. The van der Waals surface area contributed by atoms with Crippen molar-refractivity contribution in [3.63, 3.8) is 0 Å². The first-order chi connectivity index (χ1) is 19.1. The van der Waals surface area contributed by atoms with Gasteiger partial charge in [-0.15, -0.1) is 0 Å². The molecule has 0 aromatic heterocycles. The topological polar surface area (TPSA) is 134 Å². The Morgan fingerprint density at radius 3 is 2.10 bits per heavy atom. The SMILES string of the molecule is CC(C)(C)OC(=O)N[C@@H](Cc1ccc(N2CCC(CO)CC2=O)cc1)C(=O)Nc1ccc(C(=O)OC(C)(C)C)cc1. The summed E-state index contributed by atoms with van der Waals surface area (Å²) in [5, 5.41) is 14.8. The third kappa shape index (κ3) is 9.89. The molecule has 2 aromatic carbocycles. The summed E-state index contributed by atoms with van der Waals surface area (Å²) in [7, 11) is 0. The maximum Gasteiger partial charge on any atom is 0.408 e. The van der Waals surface area contributed by atoms with Crippen LogP contribution in [0.25, 0.3) is 0 Å². The molecule has 1 saturated heterocycles. The van der Waals surface area contributed by atoms with Crippen LogP contribution in [0.15, 0.2) is 48.5 Å². The molecule has 1 heterocycles. The van der Waals surface area contributed by atoms with Crippen molar-refractivity contribution in [2.75, 3.05) is 23.4 Å². The Morgan fingerprint density at radius 2 is 1.56 bits per heavy atom. The van der Waals surface area contributed by atoms with Crippen molar-refractivity contribution in [1.29, 1.82) is 0 Å². The van der Waals surface area contributed by atoms with E-state index in [0.29, 0.717) is 24.2 Å². The number of esters is 1. The molecule has 10 heteroatoms. The van der Waals surface area contributed by atoms with Gasteiger partial charge < -0.3 is 30.1 Å². The minimum Gasteiger partial charge on any atom is -0.456 e. The summed E-state index contributed by atoms with van der Waals surface area (Å²) in [6.07, 6.45) is 0.470. The van der Waals surface area contributed by atoms with Crippen molar-refractivity contribution in [3.05, 3.63) is 59.7 Å². The highest BCUT2D eigenvalue weighted by molar-refractivity contribution is 5.98. The third-order valence-electron chi connectivity index (χ3n) is 6.27. The van der Waals surface area contributed by atoms with E-state index in [0.717, 1.165) is 17.7 Å². The fourth-order valence-corrected chi connectivity index (χ4v) is 4.29. The molecule has 1 unspecified atom stereocenters. The quantitative estimate of drug-likeness (QED) is 0.401. The van der Waals surface area contributed by atoms with E-state index in [1.54, 1.807) is 70.7 Å². The molecule has 0 bridgehead atoms. The van der Waals surface area contributed by atoms with Gasteiger partial charge in [-0.1, -0.05) is 12.1 Å². The van der Waals surface area contributed by atoms with Gasteiger partial charge in [-0.2, -0.15) is 0 Å². The van der Waals surface area contributed by atoms with Gasteiger partial charge in [-0.25, -0.2) is 9.59 Å². The Bertz CT molecular complexity index is 1230. The fraction of sp³-hybridized carbons (Fsp3) is 0.484. The number of aliphatic hydroxyl groups is 1. The molecule has 1 aliphatic rings. The number of benzene rings is 2. The van der Waals surface area contributed by atoms with Gasteiger partial charge >= 0.3 is 12.1 Å². The predicted molar refractivity (Wildman–Crippen MR) is 156 cm³/mol. The van der Waals surface area contributed by atoms with E-state index >= 15 is 0 Å². The van der Waals surface area contributed by atoms with Crippen molar-refractivity contribution in [2.24, 2.45) is 5.92 Å². The van der Waals surface area contributed by atoms with Crippen molar-refractivity contribution in [2.45, 2.75) is 78.0 Å². The summed E-state index contributed by atoms with van der Waals surface area (Å²) in [4.78, 5) is 52.4. The summed E-state index contributed by atoms with van der Waals surface area (Å²) < 4.78 is 10.7. The second-order valence-electron chi connectivity index (χ2n) is 12.2. The van der Waals surface area contributed by atoms with Crippen molar-refractivity contribution < 1.29 is 33.8 Å². The zero-order valence-corrected chi connectivity index (χ0v) is 24.7. The molecular formula is C31H41N3O7. The molecular weight excluding hydrogens is 526 g/mol. The number of nitrogens with one attached hydrogen (secondary N) is 2. The molecule has 222 valence electrons.